The number of ketones is 3. The van der Waals surface area contributed by atoms with Crippen molar-refractivity contribution in [2.45, 2.75) is 62.2 Å². The molecule has 8 bridgehead atoms. The van der Waals surface area contributed by atoms with E-state index in [1.54, 1.807) is 0 Å². The molecule has 8 fully saturated rings. The van der Waals surface area contributed by atoms with Crippen LogP contribution in [0.1, 0.15) is 107 Å². The van der Waals surface area contributed by atoms with Crippen LogP contribution in [-0.4, -0.2) is 50.3 Å². The van der Waals surface area contributed by atoms with Crippen LogP contribution < -0.4 is 0 Å². The molecule has 8 aliphatic rings. The van der Waals surface area contributed by atoms with Crippen LogP contribution >= 0.6 is 0 Å². The number of nitrogens with zero attached hydrogens (tertiary/aromatic N) is 4. The van der Waals surface area contributed by atoms with Gasteiger partial charge in [0.2, 0.25) is 0 Å². The summed E-state index contributed by atoms with van der Waals surface area (Å²) in [5.74, 6) is 0.583. The van der Waals surface area contributed by atoms with Crippen molar-refractivity contribution in [2.75, 3.05) is 13.3 Å². The first-order chi connectivity index (χ1) is 36.4. The molecular weight excluding hydrogens is 909 g/mol. The summed E-state index contributed by atoms with van der Waals surface area (Å²) in [6.45, 7) is 4.72. The van der Waals surface area contributed by atoms with E-state index in [0.717, 1.165) is 13.3 Å². The molecule has 7 heteroatoms. The zero-order valence-electron chi connectivity index (χ0n) is 42.0. The Labute approximate surface area is 435 Å². The molecule has 7 nitrogen and oxygen atoms in total. The van der Waals surface area contributed by atoms with Crippen LogP contribution in [0.4, 0.5) is 0 Å². The van der Waals surface area contributed by atoms with E-state index in [2.05, 4.69) is 262 Å². The standard InChI is InChI=1S/2C32H28N2O.C3H6O/c2*35-32-26-28(22-13-5-1-6-14-22)33-21-34(29(26)23-15-7-2-8-16-23)31(25-19-11-4-12-20-25)27(32)30(33)24-17-9-3-10-18-24;1-3(2)4/h2*1-20,26-31H,21H2;1-2H3/t2*26?,27?,28-,29-,30+,31+;. The second kappa shape index (κ2) is 20.5. The van der Waals surface area contributed by atoms with Gasteiger partial charge in [0.15, 0.2) is 0 Å². The molecule has 74 heavy (non-hydrogen) atoms. The average Bonchev–Trinajstić information content (AvgIpc) is 3.46. The molecule has 0 N–H and O–H groups in total. The number of rotatable bonds is 8. The van der Waals surface area contributed by atoms with Gasteiger partial charge in [0.05, 0.1) is 37.0 Å². The Balaban J connectivity index is 0.000000140. The Hall–Kier alpha value is -7.39. The van der Waals surface area contributed by atoms with Crippen LogP contribution in [0.3, 0.4) is 0 Å². The van der Waals surface area contributed by atoms with E-state index in [-0.39, 0.29) is 77.8 Å². The van der Waals surface area contributed by atoms with Crippen molar-refractivity contribution in [3.63, 3.8) is 0 Å². The highest BCUT2D eigenvalue weighted by Gasteiger charge is 2.66. The second-order valence-electron chi connectivity index (χ2n) is 21.0. The van der Waals surface area contributed by atoms with Crippen LogP contribution in [0.2, 0.25) is 0 Å². The first-order valence-electron chi connectivity index (χ1n) is 26.4. The molecular formula is C67H62N4O3. The zero-order chi connectivity index (χ0) is 50.3. The third kappa shape index (κ3) is 8.38. The third-order valence-electron chi connectivity index (χ3n) is 16.7. The Kier molecular flexibility index (Phi) is 13.2. The molecule has 0 aromatic heterocycles. The lowest BCUT2D eigenvalue weighted by Gasteiger charge is -2.67. The highest BCUT2D eigenvalue weighted by atomic mass is 16.1. The Bertz CT molecular complexity index is 2570. The van der Waals surface area contributed by atoms with Crippen LogP contribution in [0, 0.1) is 23.7 Å². The fourth-order valence-corrected chi connectivity index (χ4v) is 14.2. The van der Waals surface area contributed by atoms with Gasteiger partial charge in [0.25, 0.3) is 0 Å². The lowest BCUT2D eigenvalue weighted by atomic mass is 9.60. The van der Waals surface area contributed by atoms with Gasteiger partial charge in [-0.15, -0.1) is 0 Å². The van der Waals surface area contributed by atoms with E-state index in [9.17, 15) is 14.4 Å². The van der Waals surface area contributed by atoms with E-state index < -0.39 is 0 Å². The quantitative estimate of drug-likeness (QED) is 0.150. The Morgan fingerprint density at radius 1 is 0.270 bits per heavy atom. The Morgan fingerprint density at radius 2 is 0.392 bits per heavy atom. The van der Waals surface area contributed by atoms with Crippen molar-refractivity contribution >= 4 is 17.3 Å². The number of Topliss-reactive ketones (excluding diaryl/α,β-unsaturated/α-hetero) is 3. The summed E-state index contributed by atoms with van der Waals surface area (Å²) in [6.07, 6.45) is 0. The summed E-state index contributed by atoms with van der Waals surface area (Å²) in [4.78, 5) is 49.2. The lowest BCUT2D eigenvalue weighted by Crippen LogP contribution is -2.69. The van der Waals surface area contributed by atoms with Gasteiger partial charge in [0.1, 0.15) is 17.3 Å². The van der Waals surface area contributed by atoms with E-state index >= 15 is 0 Å². The van der Waals surface area contributed by atoms with Gasteiger partial charge >= 0.3 is 0 Å². The molecule has 0 radical (unpaired) electrons. The smallest absolute Gasteiger partial charge is 0.146 e. The van der Waals surface area contributed by atoms with Crippen molar-refractivity contribution in [1.82, 2.24) is 19.6 Å². The van der Waals surface area contributed by atoms with Gasteiger partial charge < -0.3 is 4.79 Å². The second-order valence-corrected chi connectivity index (χ2v) is 21.0. The summed E-state index contributed by atoms with van der Waals surface area (Å²) in [5.41, 5.74) is 9.92. The first kappa shape index (κ1) is 47.6. The van der Waals surface area contributed by atoms with Gasteiger partial charge in [-0.2, -0.15) is 0 Å². The molecule has 8 aliphatic heterocycles. The lowest BCUT2D eigenvalue weighted by molar-refractivity contribution is -0.208. The SMILES string of the molecule is CC(C)=O.O=C1C2[C@@H](c3ccccc3)N3CN([C@@H]2c2ccccc2)[C@@H](c2ccccc2)C1[C@@H]3c1ccccc1.O=C1C2[C@@H](c3ccccc3)N3CN([C@@H]2c2ccccc2)[C@@H](c2ccccc2)C1[C@@H]3c1ccccc1. The monoisotopic (exact) mass is 970 g/mol. The molecule has 0 amide bonds. The van der Waals surface area contributed by atoms with Crippen LogP contribution in [-0.2, 0) is 14.4 Å². The molecule has 8 aromatic rings. The van der Waals surface area contributed by atoms with Crippen LogP contribution in [0.25, 0.3) is 0 Å². The zero-order valence-corrected chi connectivity index (χ0v) is 42.0. The van der Waals surface area contributed by atoms with Crippen molar-refractivity contribution in [3.05, 3.63) is 287 Å². The molecule has 368 valence electrons. The number of hydrogen-bond donors (Lipinski definition) is 0. The maximum absolute atomic E-state index is 14.7. The van der Waals surface area contributed by atoms with Crippen LogP contribution in [0.5, 0.6) is 0 Å². The van der Waals surface area contributed by atoms with Crippen molar-refractivity contribution in [3.8, 4) is 0 Å². The highest BCUT2D eigenvalue weighted by molar-refractivity contribution is 5.90. The number of benzene rings is 8. The number of carbonyl (C=O) groups is 3. The topological polar surface area (TPSA) is 64.2 Å². The van der Waals surface area contributed by atoms with Gasteiger partial charge in [-0.05, 0) is 58.4 Å². The molecule has 12 atom stereocenters. The fraction of sp³-hybridized carbons (Fsp3) is 0.239. The van der Waals surface area contributed by atoms with Crippen molar-refractivity contribution in [1.29, 1.82) is 0 Å². The number of piperidine rings is 4. The summed E-state index contributed by atoms with van der Waals surface area (Å²) in [7, 11) is 0. The van der Waals surface area contributed by atoms with Gasteiger partial charge in [-0.1, -0.05) is 243 Å². The summed E-state index contributed by atoms with van der Waals surface area (Å²) < 4.78 is 0. The first-order valence-corrected chi connectivity index (χ1v) is 26.4. The largest absolute Gasteiger partial charge is 0.300 e. The van der Waals surface area contributed by atoms with Crippen molar-refractivity contribution < 1.29 is 14.4 Å². The Morgan fingerprint density at radius 3 is 0.514 bits per heavy atom. The highest BCUT2D eigenvalue weighted by Crippen LogP contribution is 2.66. The van der Waals surface area contributed by atoms with Gasteiger partial charge in [0, 0.05) is 48.3 Å². The van der Waals surface area contributed by atoms with E-state index in [0.29, 0.717) is 11.6 Å². The molecule has 0 spiro atoms. The van der Waals surface area contributed by atoms with E-state index in [1.165, 1.54) is 58.4 Å². The van der Waals surface area contributed by atoms with Gasteiger partial charge in [-0.3, -0.25) is 29.2 Å². The molecule has 8 heterocycles. The molecule has 8 saturated heterocycles. The minimum atomic E-state index is -0.0986. The summed E-state index contributed by atoms with van der Waals surface area (Å²) in [5, 5.41) is 0. The van der Waals surface area contributed by atoms with E-state index in [4.69, 9.17) is 0 Å². The maximum Gasteiger partial charge on any atom is 0.146 e. The van der Waals surface area contributed by atoms with Gasteiger partial charge in [-0.25, -0.2) is 0 Å². The predicted molar refractivity (Wildman–Crippen MR) is 291 cm³/mol. The van der Waals surface area contributed by atoms with E-state index in [1.807, 2.05) is 0 Å². The third-order valence-corrected chi connectivity index (χ3v) is 16.7. The summed E-state index contributed by atoms with van der Waals surface area (Å²) >= 11 is 0. The molecule has 8 aromatic carbocycles. The average molecular weight is 971 g/mol. The molecule has 0 saturated carbocycles. The van der Waals surface area contributed by atoms with Crippen molar-refractivity contribution in [2.24, 2.45) is 23.7 Å². The number of carbonyl (C=O) groups excluding carboxylic acids is 3. The fourth-order valence-electron chi connectivity index (χ4n) is 14.2. The minimum absolute atomic E-state index is 0.0586. The summed E-state index contributed by atoms with van der Waals surface area (Å²) in [6, 6.07) is 85.9. The van der Waals surface area contributed by atoms with Crippen LogP contribution in [0.15, 0.2) is 243 Å². The minimum Gasteiger partial charge on any atom is -0.300 e. The molecule has 4 unspecified atom stereocenters. The normalized spacial score (nSPS) is 31.6. The molecule has 16 rings (SSSR count). The predicted octanol–water partition coefficient (Wildman–Crippen LogP) is 13.3. The molecule has 0 aliphatic carbocycles. The number of hydrogen-bond acceptors (Lipinski definition) is 7. The maximum atomic E-state index is 14.7.